The number of hydrogen-bond acceptors (Lipinski definition) is 5. The standard InChI is InChI=1S/C15H19F3N6O2/c1-9-4-12(25)23(6-9)7-10(19)5-13(26)22-2-3-24-11(8-22)20-21-14(24)15(16,17)18/h4,10H,2-3,5-8,19H2,1H3/t10-/m0/s1. The van der Waals surface area contributed by atoms with E-state index in [0.717, 1.165) is 10.1 Å². The molecule has 2 aliphatic heterocycles. The lowest BCUT2D eigenvalue weighted by atomic mass is 10.1. The van der Waals surface area contributed by atoms with Gasteiger partial charge in [-0.25, -0.2) is 0 Å². The van der Waals surface area contributed by atoms with E-state index in [2.05, 4.69) is 10.2 Å². The van der Waals surface area contributed by atoms with Crippen molar-refractivity contribution < 1.29 is 22.8 Å². The van der Waals surface area contributed by atoms with Gasteiger partial charge in [0.2, 0.25) is 17.6 Å². The first-order valence-corrected chi connectivity index (χ1v) is 8.14. The fourth-order valence-corrected chi connectivity index (χ4v) is 3.16. The number of nitrogens with zero attached hydrogens (tertiary/aromatic N) is 5. The van der Waals surface area contributed by atoms with Gasteiger partial charge in [-0.1, -0.05) is 0 Å². The van der Waals surface area contributed by atoms with Gasteiger partial charge in [0.1, 0.15) is 0 Å². The molecule has 1 aromatic rings. The zero-order valence-corrected chi connectivity index (χ0v) is 14.2. The van der Waals surface area contributed by atoms with Crippen LogP contribution in [0.5, 0.6) is 0 Å². The van der Waals surface area contributed by atoms with E-state index in [1.165, 1.54) is 11.0 Å². The lowest BCUT2D eigenvalue weighted by molar-refractivity contribution is -0.148. The molecule has 0 bridgehead atoms. The fraction of sp³-hybridized carbons (Fsp3) is 0.600. The Balaban J connectivity index is 1.56. The second-order valence-electron chi connectivity index (χ2n) is 6.58. The Hall–Kier alpha value is -2.43. The summed E-state index contributed by atoms with van der Waals surface area (Å²) >= 11 is 0. The van der Waals surface area contributed by atoms with Gasteiger partial charge in [0, 0.05) is 44.7 Å². The summed E-state index contributed by atoms with van der Waals surface area (Å²) in [6.45, 7) is 2.65. The van der Waals surface area contributed by atoms with E-state index in [4.69, 9.17) is 5.73 Å². The zero-order valence-electron chi connectivity index (χ0n) is 14.2. The van der Waals surface area contributed by atoms with Gasteiger partial charge in [-0.2, -0.15) is 13.2 Å². The molecule has 2 aliphatic rings. The molecule has 26 heavy (non-hydrogen) atoms. The topological polar surface area (TPSA) is 97.3 Å². The number of fused-ring (bicyclic) bond motifs is 1. The molecule has 142 valence electrons. The van der Waals surface area contributed by atoms with E-state index in [0.29, 0.717) is 6.54 Å². The molecule has 2 N–H and O–H groups in total. The molecule has 3 rings (SSSR count). The first-order chi connectivity index (χ1) is 12.1. The third-order valence-electron chi connectivity index (χ3n) is 4.37. The Morgan fingerprint density at radius 1 is 1.31 bits per heavy atom. The SMILES string of the molecule is CC1=CC(=O)N(C[C@@H](N)CC(=O)N2CCn3c(nnc3C(F)(F)F)C2)C1. The van der Waals surface area contributed by atoms with Gasteiger partial charge in [-0.05, 0) is 12.5 Å². The average Bonchev–Trinajstić information content (AvgIpc) is 3.09. The molecule has 8 nitrogen and oxygen atoms in total. The highest BCUT2D eigenvalue weighted by atomic mass is 19.4. The highest BCUT2D eigenvalue weighted by Gasteiger charge is 2.40. The number of hydrogen-bond donors (Lipinski definition) is 1. The summed E-state index contributed by atoms with van der Waals surface area (Å²) in [5.74, 6) is -1.36. The molecule has 1 aromatic heterocycles. The molecule has 1 atom stereocenters. The number of rotatable bonds is 4. The molecule has 0 aliphatic carbocycles. The van der Waals surface area contributed by atoms with Crippen LogP contribution < -0.4 is 5.73 Å². The summed E-state index contributed by atoms with van der Waals surface area (Å²) in [4.78, 5) is 27.1. The van der Waals surface area contributed by atoms with Gasteiger partial charge >= 0.3 is 6.18 Å². The van der Waals surface area contributed by atoms with E-state index in [1.807, 2.05) is 6.92 Å². The third-order valence-corrected chi connectivity index (χ3v) is 4.37. The molecule has 0 saturated heterocycles. The van der Waals surface area contributed by atoms with Crippen LogP contribution in [-0.4, -0.2) is 62.1 Å². The monoisotopic (exact) mass is 372 g/mol. The van der Waals surface area contributed by atoms with Gasteiger partial charge in [-0.15, -0.1) is 10.2 Å². The molecule has 0 unspecified atom stereocenters. The van der Waals surface area contributed by atoms with Crippen molar-refractivity contribution in [3.63, 3.8) is 0 Å². The van der Waals surface area contributed by atoms with E-state index < -0.39 is 18.0 Å². The molecule has 0 fully saturated rings. The summed E-state index contributed by atoms with van der Waals surface area (Å²) in [6, 6.07) is -0.545. The maximum Gasteiger partial charge on any atom is 0.451 e. The minimum Gasteiger partial charge on any atom is -0.334 e. The van der Waals surface area contributed by atoms with Crippen molar-refractivity contribution in [3.05, 3.63) is 23.3 Å². The lowest BCUT2D eigenvalue weighted by Crippen LogP contribution is -2.45. The van der Waals surface area contributed by atoms with E-state index in [1.54, 1.807) is 4.90 Å². The van der Waals surface area contributed by atoms with E-state index >= 15 is 0 Å². The number of carbonyl (C=O) groups excluding carboxylic acids is 2. The van der Waals surface area contributed by atoms with Gasteiger partial charge in [0.05, 0.1) is 6.54 Å². The van der Waals surface area contributed by atoms with E-state index in [9.17, 15) is 22.8 Å². The van der Waals surface area contributed by atoms with Crippen LogP contribution in [0, 0.1) is 0 Å². The number of amides is 2. The van der Waals surface area contributed by atoms with Gasteiger partial charge in [0.25, 0.3) is 0 Å². The Bertz CT molecular complexity index is 757. The van der Waals surface area contributed by atoms with Crippen molar-refractivity contribution in [2.75, 3.05) is 19.6 Å². The second-order valence-corrected chi connectivity index (χ2v) is 6.58. The van der Waals surface area contributed by atoms with Crippen LogP contribution in [0.15, 0.2) is 11.6 Å². The summed E-state index contributed by atoms with van der Waals surface area (Å²) in [7, 11) is 0. The van der Waals surface area contributed by atoms with Gasteiger partial charge < -0.3 is 20.1 Å². The Kier molecular flexibility index (Phi) is 4.74. The predicted molar refractivity (Wildman–Crippen MR) is 83.4 cm³/mol. The highest BCUT2D eigenvalue weighted by molar-refractivity contribution is 5.91. The van der Waals surface area contributed by atoms with Crippen molar-refractivity contribution in [2.45, 2.75) is 38.7 Å². The minimum atomic E-state index is -4.58. The van der Waals surface area contributed by atoms with E-state index in [-0.39, 0.29) is 50.2 Å². The Labute approximate surface area is 147 Å². The summed E-state index contributed by atoms with van der Waals surface area (Å²) in [5, 5.41) is 6.73. The van der Waals surface area contributed by atoms with Crippen molar-refractivity contribution in [1.29, 1.82) is 0 Å². The largest absolute Gasteiger partial charge is 0.451 e. The van der Waals surface area contributed by atoms with Crippen LogP contribution in [-0.2, 0) is 28.9 Å². The molecule has 11 heteroatoms. The number of alkyl halides is 3. The molecule has 0 spiro atoms. The molecule has 0 radical (unpaired) electrons. The van der Waals surface area contributed by atoms with Crippen LogP contribution in [0.1, 0.15) is 25.0 Å². The van der Waals surface area contributed by atoms with Crippen LogP contribution in [0.4, 0.5) is 13.2 Å². The first kappa shape index (κ1) is 18.4. The van der Waals surface area contributed by atoms with Crippen LogP contribution in [0.2, 0.25) is 0 Å². The van der Waals surface area contributed by atoms with Crippen molar-refractivity contribution in [3.8, 4) is 0 Å². The Morgan fingerprint density at radius 2 is 2.04 bits per heavy atom. The number of carbonyl (C=O) groups is 2. The maximum absolute atomic E-state index is 12.8. The van der Waals surface area contributed by atoms with Crippen LogP contribution in [0.3, 0.4) is 0 Å². The predicted octanol–water partition coefficient (Wildman–Crippen LogP) is 0.145. The first-order valence-electron chi connectivity index (χ1n) is 8.14. The summed E-state index contributed by atoms with van der Waals surface area (Å²) in [5.41, 5.74) is 6.91. The normalized spacial score (nSPS) is 18.8. The molecule has 0 aromatic carbocycles. The number of nitrogens with two attached hydrogens (primary N) is 1. The molecular formula is C15H19F3N6O2. The molecule has 2 amide bonds. The van der Waals surface area contributed by atoms with Gasteiger partial charge in [0.15, 0.2) is 5.82 Å². The van der Waals surface area contributed by atoms with Crippen molar-refractivity contribution in [1.82, 2.24) is 24.6 Å². The second kappa shape index (κ2) is 6.71. The minimum absolute atomic E-state index is 0.00307. The molecule has 0 saturated carbocycles. The highest BCUT2D eigenvalue weighted by Crippen LogP contribution is 2.29. The fourth-order valence-electron chi connectivity index (χ4n) is 3.16. The lowest BCUT2D eigenvalue weighted by Gasteiger charge is -2.29. The number of aromatic nitrogens is 3. The smallest absolute Gasteiger partial charge is 0.334 e. The third kappa shape index (κ3) is 3.71. The zero-order chi connectivity index (χ0) is 19.1. The van der Waals surface area contributed by atoms with Crippen molar-refractivity contribution >= 4 is 11.8 Å². The van der Waals surface area contributed by atoms with Gasteiger partial charge in [-0.3, -0.25) is 9.59 Å². The van der Waals surface area contributed by atoms with Crippen molar-refractivity contribution in [2.24, 2.45) is 5.73 Å². The number of halogens is 3. The summed E-state index contributed by atoms with van der Waals surface area (Å²) in [6.07, 6.45) is -3.04. The summed E-state index contributed by atoms with van der Waals surface area (Å²) < 4.78 is 39.5. The molecule has 3 heterocycles. The average molecular weight is 372 g/mol. The molecular weight excluding hydrogens is 353 g/mol. The Morgan fingerprint density at radius 3 is 2.65 bits per heavy atom. The van der Waals surface area contributed by atoms with Crippen LogP contribution in [0.25, 0.3) is 0 Å². The van der Waals surface area contributed by atoms with Crippen LogP contribution >= 0.6 is 0 Å². The quantitative estimate of drug-likeness (QED) is 0.811. The maximum atomic E-state index is 12.8.